The molecule has 0 radical (unpaired) electrons. The summed E-state index contributed by atoms with van der Waals surface area (Å²) in [5.41, 5.74) is 1.41. The molecule has 0 atom stereocenters. The molecule has 4 aliphatic carbocycles. The number of carbonyl (C=O) groups excluding carboxylic acids is 2. The molecule has 1 aromatic carbocycles. The minimum absolute atomic E-state index is 0.0187. The second kappa shape index (κ2) is 7.85. The fourth-order valence-corrected chi connectivity index (χ4v) is 8.04. The van der Waals surface area contributed by atoms with Gasteiger partial charge in [0.25, 0.3) is 0 Å². The largest absolute Gasteiger partial charge is 0.481 e. The molecule has 0 aromatic heterocycles. The normalized spacial score (nSPS) is 35.3. The molecule has 7 rings (SSSR count). The number of nitrogens with zero attached hydrogens (tertiary/aromatic N) is 2. The lowest BCUT2D eigenvalue weighted by atomic mass is 9.43. The van der Waals surface area contributed by atoms with Crippen LogP contribution in [-0.2, 0) is 20.8 Å². The molecule has 33 heavy (non-hydrogen) atoms. The van der Waals surface area contributed by atoms with Gasteiger partial charge in [-0.3, -0.25) is 14.4 Å². The lowest BCUT2D eigenvalue weighted by Gasteiger charge is -2.62. The second-order valence-corrected chi connectivity index (χ2v) is 11.7. The topological polar surface area (TPSA) is 77.9 Å². The fraction of sp³-hybridized carbons (Fsp3) is 0.667. The first-order chi connectivity index (χ1) is 15.9. The summed E-state index contributed by atoms with van der Waals surface area (Å²) in [6.45, 7) is 1.61. The third-order valence-corrected chi connectivity index (χ3v) is 9.75. The first-order valence-electron chi connectivity index (χ1n) is 12.7. The predicted molar refractivity (Wildman–Crippen MR) is 122 cm³/mol. The molecular formula is C27H34N2O4. The first-order valence-corrected chi connectivity index (χ1v) is 12.7. The summed E-state index contributed by atoms with van der Waals surface area (Å²) in [6, 6.07) is 10.7. The highest BCUT2D eigenvalue weighted by Gasteiger charge is 2.58. The molecule has 2 amide bonds. The van der Waals surface area contributed by atoms with Gasteiger partial charge < -0.3 is 14.9 Å². The highest BCUT2D eigenvalue weighted by atomic mass is 16.4. The number of aliphatic carboxylic acids is 1. The molecule has 2 heterocycles. The van der Waals surface area contributed by atoms with Crippen LogP contribution in [-0.4, -0.2) is 58.9 Å². The van der Waals surface area contributed by atoms with Gasteiger partial charge in [-0.1, -0.05) is 30.3 Å². The zero-order chi connectivity index (χ0) is 22.7. The average molecular weight is 451 g/mol. The van der Waals surface area contributed by atoms with E-state index in [0.717, 1.165) is 18.3 Å². The number of carboxylic acid groups (broad SMARTS) is 1. The maximum absolute atomic E-state index is 13.5. The van der Waals surface area contributed by atoms with Crippen molar-refractivity contribution in [1.82, 2.24) is 9.80 Å². The molecule has 4 bridgehead atoms. The van der Waals surface area contributed by atoms with Crippen molar-refractivity contribution in [1.29, 1.82) is 0 Å². The Kier molecular flexibility index (Phi) is 5.04. The van der Waals surface area contributed by atoms with Crippen LogP contribution in [0.2, 0.25) is 0 Å². The number of benzene rings is 1. The molecule has 176 valence electrons. The third-order valence-electron chi connectivity index (χ3n) is 9.75. The quantitative estimate of drug-likeness (QED) is 0.723. The van der Waals surface area contributed by atoms with E-state index >= 15 is 0 Å². The summed E-state index contributed by atoms with van der Waals surface area (Å²) in [5, 5.41) is 9.04. The van der Waals surface area contributed by atoms with Crippen LogP contribution in [0, 0.1) is 40.9 Å². The van der Waals surface area contributed by atoms with Crippen molar-refractivity contribution in [3.8, 4) is 0 Å². The SMILES string of the molecule is O=C(O)C1CN(C(=O)C2CN(C(=O)CC3(Cc4ccccc4)C4CC5CC(C4)CC3C5)C2)C1. The molecule has 1 aromatic rings. The molecule has 6 heteroatoms. The van der Waals surface area contributed by atoms with Crippen molar-refractivity contribution in [3.05, 3.63) is 35.9 Å². The van der Waals surface area contributed by atoms with Gasteiger partial charge in [-0.2, -0.15) is 0 Å². The van der Waals surface area contributed by atoms with Crippen molar-refractivity contribution in [2.45, 2.75) is 44.9 Å². The van der Waals surface area contributed by atoms with Crippen molar-refractivity contribution >= 4 is 17.8 Å². The highest BCUT2D eigenvalue weighted by Crippen LogP contribution is 2.64. The van der Waals surface area contributed by atoms with Crippen LogP contribution < -0.4 is 0 Å². The summed E-state index contributed by atoms with van der Waals surface area (Å²) in [4.78, 5) is 40.7. The van der Waals surface area contributed by atoms with E-state index in [1.165, 1.54) is 37.7 Å². The molecule has 6 nitrogen and oxygen atoms in total. The van der Waals surface area contributed by atoms with Crippen LogP contribution in [0.3, 0.4) is 0 Å². The Morgan fingerprint density at radius 3 is 1.97 bits per heavy atom. The average Bonchev–Trinajstić information content (AvgIpc) is 2.69. The molecule has 2 aliphatic heterocycles. The van der Waals surface area contributed by atoms with Crippen LogP contribution in [0.15, 0.2) is 30.3 Å². The van der Waals surface area contributed by atoms with E-state index in [1.54, 1.807) is 4.90 Å². The van der Waals surface area contributed by atoms with E-state index < -0.39 is 11.9 Å². The summed E-state index contributed by atoms with van der Waals surface area (Å²) in [7, 11) is 0. The Labute approximate surface area is 195 Å². The number of hydrogen-bond acceptors (Lipinski definition) is 3. The van der Waals surface area contributed by atoms with E-state index in [1.807, 2.05) is 4.90 Å². The standard InChI is InChI=1S/C27H34N2O4/c30-24(28-13-20(14-28)25(31)29-15-21(16-29)26(32)33)12-27(11-17-4-2-1-3-5-17)22-7-18-6-19(9-22)10-23(27)8-18/h1-5,18-23H,6-16H2,(H,32,33). The summed E-state index contributed by atoms with van der Waals surface area (Å²) < 4.78 is 0. The fourth-order valence-electron chi connectivity index (χ4n) is 8.04. The molecule has 4 saturated carbocycles. The van der Waals surface area contributed by atoms with Crippen LogP contribution in [0.5, 0.6) is 0 Å². The number of amides is 2. The van der Waals surface area contributed by atoms with Gasteiger partial charge in [0.15, 0.2) is 0 Å². The Morgan fingerprint density at radius 1 is 0.818 bits per heavy atom. The van der Waals surface area contributed by atoms with Crippen molar-refractivity contribution in [2.24, 2.45) is 40.9 Å². The van der Waals surface area contributed by atoms with E-state index in [-0.39, 0.29) is 23.1 Å². The van der Waals surface area contributed by atoms with Gasteiger partial charge in [0.05, 0.1) is 11.8 Å². The van der Waals surface area contributed by atoms with Crippen molar-refractivity contribution < 1.29 is 19.5 Å². The van der Waals surface area contributed by atoms with Gasteiger partial charge in [0, 0.05) is 32.6 Å². The van der Waals surface area contributed by atoms with E-state index in [2.05, 4.69) is 30.3 Å². The number of carbonyl (C=O) groups is 3. The molecule has 1 N–H and O–H groups in total. The number of carboxylic acids is 1. The minimum Gasteiger partial charge on any atom is -0.481 e. The predicted octanol–water partition coefficient (Wildman–Crippen LogP) is 3.06. The van der Waals surface area contributed by atoms with E-state index in [0.29, 0.717) is 44.4 Å². The summed E-state index contributed by atoms with van der Waals surface area (Å²) >= 11 is 0. The molecule has 2 saturated heterocycles. The van der Waals surface area contributed by atoms with Gasteiger partial charge >= 0.3 is 5.97 Å². The maximum Gasteiger partial charge on any atom is 0.310 e. The van der Waals surface area contributed by atoms with E-state index in [9.17, 15) is 14.4 Å². The Morgan fingerprint density at radius 2 is 1.39 bits per heavy atom. The molecule has 0 unspecified atom stereocenters. The van der Waals surface area contributed by atoms with Crippen LogP contribution in [0.25, 0.3) is 0 Å². The van der Waals surface area contributed by atoms with Gasteiger partial charge in [-0.15, -0.1) is 0 Å². The number of likely N-dealkylation sites (tertiary alicyclic amines) is 2. The Balaban J connectivity index is 1.13. The molecule has 0 spiro atoms. The lowest BCUT2D eigenvalue weighted by Crippen LogP contribution is -2.62. The highest BCUT2D eigenvalue weighted by molar-refractivity contribution is 5.86. The minimum atomic E-state index is -0.830. The maximum atomic E-state index is 13.5. The van der Waals surface area contributed by atoms with Crippen LogP contribution in [0.4, 0.5) is 0 Å². The van der Waals surface area contributed by atoms with Gasteiger partial charge in [0.2, 0.25) is 11.8 Å². The first kappa shape index (κ1) is 21.2. The number of rotatable bonds is 6. The van der Waals surface area contributed by atoms with E-state index in [4.69, 9.17) is 5.11 Å². The number of hydrogen-bond donors (Lipinski definition) is 1. The lowest BCUT2D eigenvalue weighted by molar-refractivity contribution is -0.162. The monoisotopic (exact) mass is 450 g/mol. The van der Waals surface area contributed by atoms with Crippen LogP contribution >= 0.6 is 0 Å². The van der Waals surface area contributed by atoms with Crippen LogP contribution in [0.1, 0.15) is 44.1 Å². The van der Waals surface area contributed by atoms with Gasteiger partial charge in [-0.05, 0) is 73.2 Å². The molecule has 6 fully saturated rings. The zero-order valence-electron chi connectivity index (χ0n) is 19.2. The second-order valence-electron chi connectivity index (χ2n) is 11.7. The molecular weight excluding hydrogens is 416 g/mol. The van der Waals surface area contributed by atoms with Gasteiger partial charge in [-0.25, -0.2) is 0 Å². The third kappa shape index (κ3) is 3.57. The van der Waals surface area contributed by atoms with Gasteiger partial charge in [0.1, 0.15) is 0 Å². The molecule has 6 aliphatic rings. The zero-order valence-corrected chi connectivity index (χ0v) is 19.2. The van der Waals surface area contributed by atoms with Crippen molar-refractivity contribution in [3.63, 3.8) is 0 Å². The smallest absolute Gasteiger partial charge is 0.310 e. The summed E-state index contributed by atoms with van der Waals surface area (Å²) in [5.74, 6) is 1.83. The Bertz CT molecular complexity index is 920. The Hall–Kier alpha value is -2.37. The summed E-state index contributed by atoms with van der Waals surface area (Å²) in [6.07, 6.45) is 8.15. The van der Waals surface area contributed by atoms with Crippen molar-refractivity contribution in [2.75, 3.05) is 26.2 Å².